The monoisotopic (exact) mass is 555 g/mol. The first kappa shape index (κ1) is 24.7. The van der Waals surface area contributed by atoms with Crippen molar-refractivity contribution in [3.8, 4) is 11.5 Å². The Hall–Kier alpha value is -3.43. The first-order chi connectivity index (χ1) is 16.8. The van der Waals surface area contributed by atoms with E-state index in [0.717, 1.165) is 22.2 Å². The number of carbonyl (C=O) groups is 3. The predicted molar refractivity (Wildman–Crippen MR) is 135 cm³/mol. The molecule has 0 aromatic heterocycles. The molecule has 0 atom stereocenters. The highest BCUT2D eigenvalue weighted by molar-refractivity contribution is 9.10. The fraction of sp³-hybridized carbons (Fsp3) is 0.115. The standard InChI is InChI=1S/C26H19BrFNO5S/c1-15-7-9-17(10-8-15)25(31)34-23-19(27)11-16(12-21(23)33-2)13-22-24(30)29(26(32)35-22)14-18-5-3-4-6-20(18)28/h3-13H,14H2,1-2H3/b22-13-. The molecular weight excluding hydrogens is 537 g/mol. The van der Waals surface area contributed by atoms with Gasteiger partial charge in [0.05, 0.1) is 28.6 Å². The van der Waals surface area contributed by atoms with E-state index < -0.39 is 22.9 Å². The van der Waals surface area contributed by atoms with Crippen LogP contribution in [-0.4, -0.2) is 29.1 Å². The lowest BCUT2D eigenvalue weighted by molar-refractivity contribution is -0.123. The summed E-state index contributed by atoms with van der Waals surface area (Å²) in [6.45, 7) is 1.76. The van der Waals surface area contributed by atoms with Gasteiger partial charge in [-0.05, 0) is 76.6 Å². The van der Waals surface area contributed by atoms with Crippen molar-refractivity contribution < 1.29 is 28.2 Å². The van der Waals surface area contributed by atoms with Crippen LogP contribution in [0.5, 0.6) is 11.5 Å². The Morgan fingerprint density at radius 1 is 1.11 bits per heavy atom. The van der Waals surface area contributed by atoms with E-state index in [0.29, 0.717) is 15.6 Å². The van der Waals surface area contributed by atoms with Crippen molar-refractivity contribution in [2.75, 3.05) is 7.11 Å². The first-order valence-electron chi connectivity index (χ1n) is 10.4. The highest BCUT2D eigenvalue weighted by Gasteiger charge is 2.35. The van der Waals surface area contributed by atoms with Gasteiger partial charge in [0.15, 0.2) is 11.5 Å². The average Bonchev–Trinajstić information content (AvgIpc) is 3.09. The van der Waals surface area contributed by atoms with Gasteiger partial charge < -0.3 is 9.47 Å². The fourth-order valence-corrected chi connectivity index (χ4v) is 4.73. The Labute approximate surface area is 213 Å². The van der Waals surface area contributed by atoms with E-state index in [-0.39, 0.29) is 28.5 Å². The minimum Gasteiger partial charge on any atom is -0.493 e. The third kappa shape index (κ3) is 5.47. The second-order valence-corrected chi connectivity index (χ2v) is 9.50. The average molecular weight is 556 g/mol. The van der Waals surface area contributed by atoms with Crippen molar-refractivity contribution in [3.63, 3.8) is 0 Å². The molecule has 0 aliphatic carbocycles. The SMILES string of the molecule is COc1cc(/C=C2\SC(=O)N(Cc3ccccc3F)C2=O)cc(Br)c1OC(=O)c1ccc(C)cc1. The summed E-state index contributed by atoms with van der Waals surface area (Å²) in [4.78, 5) is 39.0. The van der Waals surface area contributed by atoms with Gasteiger partial charge in [-0.2, -0.15) is 0 Å². The number of ether oxygens (including phenoxy) is 2. The molecule has 6 nitrogen and oxygen atoms in total. The molecule has 2 amide bonds. The molecule has 0 spiro atoms. The van der Waals surface area contributed by atoms with Crippen molar-refractivity contribution in [2.45, 2.75) is 13.5 Å². The molecule has 3 aromatic carbocycles. The first-order valence-corrected chi connectivity index (χ1v) is 12.0. The summed E-state index contributed by atoms with van der Waals surface area (Å²) in [5.41, 5.74) is 2.19. The maximum Gasteiger partial charge on any atom is 0.343 e. The molecule has 0 N–H and O–H groups in total. The predicted octanol–water partition coefficient (Wildman–Crippen LogP) is 6.36. The van der Waals surface area contributed by atoms with Crippen molar-refractivity contribution in [1.29, 1.82) is 0 Å². The molecule has 35 heavy (non-hydrogen) atoms. The number of thioether (sulfide) groups is 1. The molecule has 4 rings (SSSR count). The number of amides is 2. The van der Waals surface area contributed by atoms with Crippen molar-refractivity contribution >= 4 is 50.9 Å². The van der Waals surface area contributed by atoms with Crippen LogP contribution in [0, 0.1) is 12.7 Å². The van der Waals surface area contributed by atoms with E-state index in [4.69, 9.17) is 9.47 Å². The van der Waals surface area contributed by atoms with Gasteiger partial charge in [-0.15, -0.1) is 0 Å². The molecule has 1 saturated heterocycles. The summed E-state index contributed by atoms with van der Waals surface area (Å²) in [5.74, 6) is -1.11. The number of hydrogen-bond donors (Lipinski definition) is 0. The summed E-state index contributed by atoms with van der Waals surface area (Å²) >= 11 is 4.16. The summed E-state index contributed by atoms with van der Waals surface area (Å²) in [6, 6.07) is 16.2. The molecule has 0 bridgehead atoms. The Bertz CT molecular complexity index is 1360. The van der Waals surface area contributed by atoms with Crippen LogP contribution in [0.3, 0.4) is 0 Å². The molecule has 1 aliphatic rings. The molecule has 0 radical (unpaired) electrons. The molecule has 178 valence electrons. The molecule has 1 fully saturated rings. The van der Waals surface area contributed by atoms with E-state index in [1.807, 2.05) is 19.1 Å². The van der Waals surface area contributed by atoms with Crippen LogP contribution >= 0.6 is 27.7 Å². The Morgan fingerprint density at radius 3 is 2.51 bits per heavy atom. The van der Waals surface area contributed by atoms with E-state index in [1.165, 1.54) is 25.3 Å². The van der Waals surface area contributed by atoms with Gasteiger partial charge in [-0.25, -0.2) is 9.18 Å². The van der Waals surface area contributed by atoms with Crippen LogP contribution < -0.4 is 9.47 Å². The van der Waals surface area contributed by atoms with E-state index in [9.17, 15) is 18.8 Å². The van der Waals surface area contributed by atoms with Crippen LogP contribution in [0.2, 0.25) is 0 Å². The third-order valence-corrected chi connectivity index (χ3v) is 6.69. The van der Waals surface area contributed by atoms with Crippen LogP contribution in [0.4, 0.5) is 9.18 Å². The van der Waals surface area contributed by atoms with Crippen LogP contribution in [0.1, 0.15) is 27.0 Å². The Kier molecular flexibility index (Phi) is 7.37. The summed E-state index contributed by atoms with van der Waals surface area (Å²) in [7, 11) is 1.43. The molecule has 3 aromatic rings. The summed E-state index contributed by atoms with van der Waals surface area (Å²) in [5, 5.41) is -0.487. The number of esters is 1. The third-order valence-electron chi connectivity index (χ3n) is 5.19. The Morgan fingerprint density at radius 2 is 1.83 bits per heavy atom. The molecule has 0 saturated carbocycles. The number of methoxy groups -OCH3 is 1. The van der Waals surface area contributed by atoms with Gasteiger partial charge in [0, 0.05) is 5.56 Å². The molecule has 1 heterocycles. The van der Waals surface area contributed by atoms with E-state index in [2.05, 4.69) is 15.9 Å². The second-order valence-electron chi connectivity index (χ2n) is 7.65. The van der Waals surface area contributed by atoms with Gasteiger partial charge in [0.1, 0.15) is 5.82 Å². The maximum absolute atomic E-state index is 14.0. The topological polar surface area (TPSA) is 72.9 Å². The number of carbonyl (C=O) groups excluding carboxylic acids is 3. The highest BCUT2D eigenvalue weighted by atomic mass is 79.9. The zero-order chi connectivity index (χ0) is 25.1. The number of imide groups is 1. The van der Waals surface area contributed by atoms with Gasteiger partial charge in [0.2, 0.25) is 0 Å². The van der Waals surface area contributed by atoms with Gasteiger partial charge in [0.25, 0.3) is 11.1 Å². The molecule has 0 unspecified atom stereocenters. The Balaban J connectivity index is 1.57. The largest absolute Gasteiger partial charge is 0.493 e. The number of benzene rings is 3. The van der Waals surface area contributed by atoms with Crippen LogP contribution in [-0.2, 0) is 11.3 Å². The highest BCUT2D eigenvalue weighted by Crippen LogP contribution is 2.39. The maximum atomic E-state index is 14.0. The van der Waals surface area contributed by atoms with Crippen molar-refractivity contribution in [2.24, 2.45) is 0 Å². The minimum atomic E-state index is -0.550. The van der Waals surface area contributed by atoms with Crippen molar-refractivity contribution in [1.82, 2.24) is 4.90 Å². The fourth-order valence-electron chi connectivity index (χ4n) is 3.35. The minimum absolute atomic E-state index is 0.157. The number of aryl methyl sites for hydroxylation is 1. The molecule has 9 heteroatoms. The van der Waals surface area contributed by atoms with Crippen molar-refractivity contribution in [3.05, 3.63) is 98.1 Å². The smallest absolute Gasteiger partial charge is 0.343 e. The zero-order valence-electron chi connectivity index (χ0n) is 18.7. The van der Waals surface area contributed by atoms with Gasteiger partial charge >= 0.3 is 5.97 Å². The van der Waals surface area contributed by atoms with Gasteiger partial charge in [-0.1, -0.05) is 35.9 Å². The normalized spacial score (nSPS) is 14.5. The lowest BCUT2D eigenvalue weighted by atomic mass is 10.1. The zero-order valence-corrected chi connectivity index (χ0v) is 21.1. The van der Waals surface area contributed by atoms with Crippen LogP contribution in [0.15, 0.2) is 70.0 Å². The summed E-state index contributed by atoms with van der Waals surface area (Å²) in [6.07, 6.45) is 1.53. The summed E-state index contributed by atoms with van der Waals surface area (Å²) < 4.78 is 25.4. The number of rotatable bonds is 6. The van der Waals surface area contributed by atoms with Crippen LogP contribution in [0.25, 0.3) is 6.08 Å². The van der Waals surface area contributed by atoms with Gasteiger partial charge in [-0.3, -0.25) is 14.5 Å². The lowest BCUT2D eigenvalue weighted by Gasteiger charge is -2.13. The second kappa shape index (κ2) is 10.5. The number of nitrogens with zero attached hydrogens (tertiary/aromatic N) is 1. The molecule has 1 aliphatic heterocycles. The lowest BCUT2D eigenvalue weighted by Crippen LogP contribution is -2.27. The van der Waals surface area contributed by atoms with E-state index in [1.54, 1.807) is 36.4 Å². The quantitative estimate of drug-likeness (QED) is 0.200. The molecular formula is C26H19BrFNO5S. The number of hydrogen-bond acceptors (Lipinski definition) is 6. The van der Waals surface area contributed by atoms with E-state index >= 15 is 0 Å². The number of halogens is 2.